The molecule has 1 fully saturated rings. The second kappa shape index (κ2) is 7.40. The van der Waals surface area contributed by atoms with E-state index in [2.05, 4.69) is 4.98 Å². The molecule has 2 rings (SSSR count). The maximum Gasteiger partial charge on any atom is 0.410 e. The minimum Gasteiger partial charge on any atom is -0.444 e. The summed E-state index contributed by atoms with van der Waals surface area (Å²) in [4.78, 5) is 31.9. The zero-order chi connectivity index (χ0) is 17.0. The van der Waals surface area contributed by atoms with Gasteiger partial charge in [-0.3, -0.25) is 9.69 Å². The molecule has 1 aromatic rings. The van der Waals surface area contributed by atoms with Crippen molar-refractivity contribution in [3.63, 3.8) is 0 Å². The van der Waals surface area contributed by atoms with Gasteiger partial charge in [0.25, 0.3) is 0 Å². The van der Waals surface area contributed by atoms with Gasteiger partial charge in [0.2, 0.25) is 5.78 Å². The third kappa shape index (κ3) is 5.58. The number of carbonyl (C=O) groups is 2. The van der Waals surface area contributed by atoms with E-state index in [1.165, 1.54) is 11.3 Å². The van der Waals surface area contributed by atoms with Crippen molar-refractivity contribution in [2.45, 2.75) is 32.8 Å². The van der Waals surface area contributed by atoms with Crippen LogP contribution in [0.2, 0.25) is 0 Å². The van der Waals surface area contributed by atoms with E-state index in [1.54, 1.807) is 11.1 Å². The predicted molar refractivity (Wildman–Crippen MR) is 89.9 cm³/mol. The summed E-state index contributed by atoms with van der Waals surface area (Å²) in [5.74, 6) is 0.418. The fraction of sp³-hybridized carbons (Fsp3) is 0.688. The van der Waals surface area contributed by atoms with E-state index in [4.69, 9.17) is 4.74 Å². The number of hydrogen-bond donors (Lipinski definition) is 0. The molecule has 7 heteroatoms. The summed E-state index contributed by atoms with van der Waals surface area (Å²) in [7, 11) is 1.93. The van der Waals surface area contributed by atoms with Gasteiger partial charge in [-0.15, -0.1) is 11.3 Å². The molecule has 1 unspecified atom stereocenters. The molecular weight excluding hydrogens is 314 g/mol. The average Bonchev–Trinajstić information content (AvgIpc) is 3.07. The second-order valence-corrected chi connectivity index (χ2v) is 7.93. The zero-order valence-corrected chi connectivity index (χ0v) is 15.1. The smallest absolute Gasteiger partial charge is 0.410 e. The summed E-state index contributed by atoms with van der Waals surface area (Å²) < 4.78 is 5.40. The molecule has 1 atom stereocenters. The van der Waals surface area contributed by atoms with Gasteiger partial charge in [0.05, 0.1) is 6.54 Å². The average molecular weight is 339 g/mol. The van der Waals surface area contributed by atoms with E-state index in [0.717, 1.165) is 13.0 Å². The summed E-state index contributed by atoms with van der Waals surface area (Å²) in [6.45, 7) is 8.16. The molecule has 0 N–H and O–H groups in total. The number of aromatic nitrogens is 1. The highest BCUT2D eigenvalue weighted by atomic mass is 32.1. The maximum atomic E-state index is 12.1. The molecule has 6 nitrogen and oxygen atoms in total. The molecule has 0 bridgehead atoms. The van der Waals surface area contributed by atoms with Crippen LogP contribution in [0, 0.1) is 5.92 Å². The Hall–Kier alpha value is -1.47. The van der Waals surface area contributed by atoms with Crippen LogP contribution < -0.4 is 0 Å². The molecule has 1 aromatic heterocycles. The van der Waals surface area contributed by atoms with Gasteiger partial charge in [-0.2, -0.15) is 0 Å². The van der Waals surface area contributed by atoms with Crippen LogP contribution in [0.15, 0.2) is 11.6 Å². The molecule has 0 spiro atoms. The van der Waals surface area contributed by atoms with E-state index in [9.17, 15) is 9.59 Å². The largest absolute Gasteiger partial charge is 0.444 e. The molecule has 0 radical (unpaired) electrons. The van der Waals surface area contributed by atoms with E-state index in [1.807, 2.05) is 38.1 Å². The Morgan fingerprint density at radius 1 is 1.48 bits per heavy atom. The molecule has 1 saturated heterocycles. The van der Waals surface area contributed by atoms with Gasteiger partial charge in [0, 0.05) is 31.2 Å². The van der Waals surface area contributed by atoms with Crippen molar-refractivity contribution in [3.05, 3.63) is 16.6 Å². The molecular formula is C16H25N3O3S. The minimum absolute atomic E-state index is 0.0458. The Bertz CT molecular complexity index is 539. The highest BCUT2D eigenvalue weighted by Crippen LogP contribution is 2.20. The number of Topliss-reactive ketones (excluding diaryl/α,β-unsaturated/α-hetero) is 1. The van der Waals surface area contributed by atoms with Gasteiger partial charge >= 0.3 is 6.09 Å². The molecule has 1 aliphatic heterocycles. The molecule has 1 amide bonds. The van der Waals surface area contributed by atoms with Crippen LogP contribution in [0.3, 0.4) is 0 Å². The predicted octanol–water partition coefficient (Wildman–Crippen LogP) is 2.51. The first kappa shape index (κ1) is 17.9. The summed E-state index contributed by atoms with van der Waals surface area (Å²) in [5.41, 5.74) is -0.466. The van der Waals surface area contributed by atoms with Crippen LogP contribution in [0.25, 0.3) is 0 Å². The molecule has 2 heterocycles. The van der Waals surface area contributed by atoms with Crippen LogP contribution >= 0.6 is 11.3 Å². The number of rotatable bonds is 5. The first-order chi connectivity index (χ1) is 10.7. The third-order valence-electron chi connectivity index (χ3n) is 3.59. The molecule has 1 aliphatic rings. The SMILES string of the molecule is CN(CC(=O)c1nccs1)CC1CCN(C(=O)OC(C)(C)C)C1. The van der Waals surface area contributed by atoms with Crippen LogP contribution in [0.1, 0.15) is 37.0 Å². The normalized spacial score (nSPS) is 18.5. The Kier molecular flexibility index (Phi) is 5.75. The summed E-state index contributed by atoms with van der Waals surface area (Å²) in [6.07, 6.45) is 2.34. The molecule has 128 valence electrons. The van der Waals surface area contributed by atoms with Crippen molar-refractivity contribution < 1.29 is 14.3 Å². The van der Waals surface area contributed by atoms with E-state index in [-0.39, 0.29) is 11.9 Å². The fourth-order valence-corrected chi connectivity index (χ4v) is 3.22. The van der Waals surface area contributed by atoms with Crippen molar-refractivity contribution in [1.82, 2.24) is 14.8 Å². The summed E-state index contributed by atoms with van der Waals surface area (Å²) >= 11 is 1.37. The van der Waals surface area contributed by atoms with Gasteiger partial charge in [0.1, 0.15) is 5.60 Å². The van der Waals surface area contributed by atoms with E-state index in [0.29, 0.717) is 30.6 Å². The lowest BCUT2D eigenvalue weighted by Crippen LogP contribution is -2.36. The molecule has 0 aromatic carbocycles. The third-order valence-corrected chi connectivity index (χ3v) is 4.41. The van der Waals surface area contributed by atoms with Gasteiger partial charge in [-0.1, -0.05) is 0 Å². The summed E-state index contributed by atoms with van der Waals surface area (Å²) in [6, 6.07) is 0. The van der Waals surface area contributed by atoms with Gasteiger partial charge in [-0.25, -0.2) is 9.78 Å². The number of likely N-dealkylation sites (tertiary alicyclic amines) is 1. The van der Waals surface area contributed by atoms with Gasteiger partial charge in [0.15, 0.2) is 5.01 Å². The highest BCUT2D eigenvalue weighted by Gasteiger charge is 2.30. The van der Waals surface area contributed by atoms with Crippen LogP contribution in [-0.2, 0) is 4.74 Å². The van der Waals surface area contributed by atoms with Crippen molar-refractivity contribution in [2.24, 2.45) is 5.92 Å². The Morgan fingerprint density at radius 3 is 2.83 bits per heavy atom. The van der Waals surface area contributed by atoms with Crippen molar-refractivity contribution in [3.8, 4) is 0 Å². The fourth-order valence-electron chi connectivity index (χ4n) is 2.65. The van der Waals surface area contributed by atoms with E-state index < -0.39 is 5.60 Å². The van der Waals surface area contributed by atoms with Gasteiger partial charge in [-0.05, 0) is 40.2 Å². The van der Waals surface area contributed by atoms with Crippen molar-refractivity contribution in [1.29, 1.82) is 0 Å². The molecule has 0 saturated carbocycles. The number of amides is 1. The van der Waals surface area contributed by atoms with Crippen LogP contribution in [-0.4, -0.2) is 65.5 Å². The first-order valence-corrected chi connectivity index (χ1v) is 8.72. The van der Waals surface area contributed by atoms with Crippen molar-refractivity contribution in [2.75, 3.05) is 33.2 Å². The number of thiazole rings is 1. The standard InChI is InChI=1S/C16H25N3O3S/c1-16(2,3)22-15(21)19-7-5-12(10-19)9-18(4)11-13(20)14-17-6-8-23-14/h6,8,12H,5,7,9-11H2,1-4H3. The number of ketones is 1. The number of nitrogens with zero attached hydrogens (tertiary/aromatic N) is 3. The number of ether oxygens (including phenoxy) is 1. The minimum atomic E-state index is -0.466. The zero-order valence-electron chi connectivity index (χ0n) is 14.2. The summed E-state index contributed by atoms with van der Waals surface area (Å²) in [5, 5.41) is 2.36. The lowest BCUT2D eigenvalue weighted by atomic mass is 10.1. The second-order valence-electron chi connectivity index (χ2n) is 7.04. The quantitative estimate of drug-likeness (QED) is 0.771. The number of likely N-dealkylation sites (N-methyl/N-ethyl adjacent to an activating group) is 1. The number of carbonyl (C=O) groups excluding carboxylic acids is 2. The monoisotopic (exact) mass is 339 g/mol. The Morgan fingerprint density at radius 2 is 2.22 bits per heavy atom. The lowest BCUT2D eigenvalue weighted by molar-refractivity contribution is 0.0285. The van der Waals surface area contributed by atoms with E-state index >= 15 is 0 Å². The Balaban J connectivity index is 1.76. The van der Waals surface area contributed by atoms with Gasteiger partial charge < -0.3 is 9.64 Å². The Labute approximate surface area is 141 Å². The van der Waals surface area contributed by atoms with Crippen molar-refractivity contribution >= 4 is 23.2 Å². The maximum absolute atomic E-state index is 12.1. The topological polar surface area (TPSA) is 62.7 Å². The molecule has 0 aliphatic carbocycles. The molecule has 23 heavy (non-hydrogen) atoms. The highest BCUT2D eigenvalue weighted by molar-refractivity contribution is 7.11. The number of hydrogen-bond acceptors (Lipinski definition) is 6. The van der Waals surface area contributed by atoms with Crippen LogP contribution in [0.5, 0.6) is 0 Å². The van der Waals surface area contributed by atoms with Crippen LogP contribution in [0.4, 0.5) is 4.79 Å². The first-order valence-electron chi connectivity index (χ1n) is 7.84. The lowest BCUT2D eigenvalue weighted by Gasteiger charge is -2.25.